The number of hydrogen-bond acceptors (Lipinski definition) is 3. The lowest BCUT2D eigenvalue weighted by Gasteiger charge is -2.17. The maximum atomic E-state index is 12.8. The monoisotopic (exact) mass is 313 g/mol. The van der Waals surface area contributed by atoms with Crippen molar-refractivity contribution in [3.8, 4) is 11.8 Å². The Labute approximate surface area is 139 Å². The van der Waals surface area contributed by atoms with Gasteiger partial charge in [-0.3, -0.25) is 9.36 Å². The second-order valence-corrected chi connectivity index (χ2v) is 6.51. The minimum absolute atomic E-state index is 0.103. The van der Waals surface area contributed by atoms with Gasteiger partial charge in [-0.1, -0.05) is 12.0 Å². The van der Waals surface area contributed by atoms with Crippen LogP contribution in [0.5, 0.6) is 0 Å². The summed E-state index contributed by atoms with van der Waals surface area (Å²) >= 11 is 0. The van der Waals surface area contributed by atoms with Gasteiger partial charge < -0.3 is 0 Å². The molecule has 1 saturated carbocycles. The average Bonchev–Trinajstić information content (AvgIpc) is 3.23. The van der Waals surface area contributed by atoms with Gasteiger partial charge >= 0.3 is 0 Å². The van der Waals surface area contributed by atoms with Gasteiger partial charge in [-0.05, 0) is 55.5 Å². The van der Waals surface area contributed by atoms with Crippen molar-refractivity contribution < 1.29 is 0 Å². The van der Waals surface area contributed by atoms with Gasteiger partial charge in [0.15, 0.2) is 0 Å². The van der Waals surface area contributed by atoms with Crippen molar-refractivity contribution >= 4 is 10.9 Å². The lowest BCUT2D eigenvalue weighted by Crippen LogP contribution is -2.26. The molecule has 0 saturated heterocycles. The van der Waals surface area contributed by atoms with Crippen molar-refractivity contribution in [3.05, 3.63) is 70.0 Å². The van der Waals surface area contributed by atoms with Crippen molar-refractivity contribution in [1.82, 2.24) is 14.5 Å². The van der Waals surface area contributed by atoms with Crippen LogP contribution in [-0.2, 0) is 0 Å². The number of rotatable bonds is 0. The molecule has 1 fully saturated rings. The highest BCUT2D eigenvalue weighted by molar-refractivity contribution is 5.79. The fourth-order valence-corrected chi connectivity index (χ4v) is 3.93. The van der Waals surface area contributed by atoms with Gasteiger partial charge in [0, 0.05) is 23.7 Å². The first-order valence-corrected chi connectivity index (χ1v) is 8.29. The van der Waals surface area contributed by atoms with E-state index in [0.717, 1.165) is 41.9 Å². The SMILES string of the molecule is O=c1c2ccc(C#Cc3ccccn3)cc2nc2n1C1CCC2C1. The molecule has 3 heterocycles. The summed E-state index contributed by atoms with van der Waals surface area (Å²) < 4.78 is 1.93. The molecule has 1 aromatic carbocycles. The molecule has 3 aromatic rings. The molecular weight excluding hydrogens is 298 g/mol. The molecule has 1 aliphatic carbocycles. The summed E-state index contributed by atoms with van der Waals surface area (Å²) in [7, 11) is 0. The number of benzene rings is 1. The minimum atomic E-state index is 0.103. The average molecular weight is 313 g/mol. The van der Waals surface area contributed by atoms with Crippen LogP contribution in [0.2, 0.25) is 0 Å². The van der Waals surface area contributed by atoms with Crippen LogP contribution in [0.1, 0.15) is 48.3 Å². The van der Waals surface area contributed by atoms with Crippen LogP contribution in [0.4, 0.5) is 0 Å². The maximum absolute atomic E-state index is 12.8. The van der Waals surface area contributed by atoms with Crippen LogP contribution in [0.15, 0.2) is 47.4 Å². The number of aromatic nitrogens is 3. The van der Waals surface area contributed by atoms with Gasteiger partial charge in [-0.25, -0.2) is 9.97 Å². The van der Waals surface area contributed by atoms with Gasteiger partial charge in [0.2, 0.25) is 0 Å². The van der Waals surface area contributed by atoms with E-state index in [9.17, 15) is 4.79 Å². The largest absolute Gasteiger partial charge is 0.293 e. The Morgan fingerprint density at radius 3 is 2.96 bits per heavy atom. The highest BCUT2D eigenvalue weighted by Gasteiger charge is 2.39. The third kappa shape index (κ3) is 1.98. The van der Waals surface area contributed by atoms with E-state index in [4.69, 9.17) is 4.98 Å². The standard InChI is InChI=1S/C20H15N3O/c24-20-17-9-5-13(4-7-15-3-1-2-10-21-15)11-18(17)22-19-14-6-8-16(12-14)23(19)20/h1-3,5,9-11,14,16H,6,8,12H2. The normalized spacial score (nSPS) is 20.7. The zero-order valence-corrected chi connectivity index (χ0v) is 13.1. The molecule has 0 N–H and O–H groups in total. The lowest BCUT2D eigenvalue weighted by molar-refractivity contribution is 0.504. The Bertz CT molecular complexity index is 1070. The second-order valence-electron chi connectivity index (χ2n) is 6.51. The van der Waals surface area contributed by atoms with Gasteiger partial charge in [0.25, 0.3) is 5.56 Å². The zero-order valence-electron chi connectivity index (χ0n) is 13.1. The van der Waals surface area contributed by atoms with Gasteiger partial charge in [-0.2, -0.15) is 0 Å². The van der Waals surface area contributed by atoms with E-state index in [2.05, 4.69) is 16.8 Å². The molecule has 0 spiro atoms. The Balaban J connectivity index is 1.63. The van der Waals surface area contributed by atoms with Crippen molar-refractivity contribution in [2.24, 2.45) is 0 Å². The first-order valence-electron chi connectivity index (χ1n) is 8.29. The molecule has 0 amide bonds. The van der Waals surface area contributed by atoms with Crippen molar-refractivity contribution in [2.75, 3.05) is 0 Å². The summed E-state index contributed by atoms with van der Waals surface area (Å²) in [5.74, 6) is 7.59. The van der Waals surface area contributed by atoms with E-state index in [1.54, 1.807) is 6.20 Å². The molecule has 116 valence electrons. The third-order valence-corrected chi connectivity index (χ3v) is 5.06. The Kier molecular flexibility index (Phi) is 2.83. The van der Waals surface area contributed by atoms with E-state index >= 15 is 0 Å². The molecule has 2 bridgehead atoms. The molecule has 5 rings (SSSR count). The molecule has 2 atom stereocenters. The van der Waals surface area contributed by atoms with Crippen LogP contribution in [0.3, 0.4) is 0 Å². The number of fused-ring (bicyclic) bond motifs is 6. The summed E-state index contributed by atoms with van der Waals surface area (Å²) in [6.45, 7) is 0. The quantitative estimate of drug-likeness (QED) is 0.599. The summed E-state index contributed by atoms with van der Waals surface area (Å²) in [6.07, 6.45) is 5.07. The maximum Gasteiger partial charge on any atom is 0.261 e. The second kappa shape index (κ2) is 5.04. The fourth-order valence-electron chi connectivity index (χ4n) is 3.93. The molecule has 2 aliphatic rings. The lowest BCUT2D eigenvalue weighted by atomic mass is 10.1. The van der Waals surface area contributed by atoms with E-state index in [1.165, 1.54) is 0 Å². The molecular formula is C20H15N3O. The number of hydrogen-bond donors (Lipinski definition) is 0. The minimum Gasteiger partial charge on any atom is -0.293 e. The third-order valence-electron chi connectivity index (χ3n) is 5.06. The highest BCUT2D eigenvalue weighted by atomic mass is 16.1. The predicted molar refractivity (Wildman–Crippen MR) is 91.8 cm³/mol. The van der Waals surface area contributed by atoms with Crippen LogP contribution >= 0.6 is 0 Å². The highest BCUT2D eigenvalue weighted by Crippen LogP contribution is 2.46. The van der Waals surface area contributed by atoms with Crippen molar-refractivity contribution in [1.29, 1.82) is 0 Å². The summed E-state index contributed by atoms with van der Waals surface area (Å²) in [4.78, 5) is 21.8. The molecule has 2 unspecified atom stereocenters. The van der Waals surface area contributed by atoms with E-state index in [1.807, 2.05) is 41.0 Å². The first-order chi connectivity index (χ1) is 11.8. The molecule has 24 heavy (non-hydrogen) atoms. The molecule has 4 heteroatoms. The van der Waals surface area contributed by atoms with Gasteiger partial charge in [0.05, 0.1) is 10.9 Å². The number of nitrogens with zero attached hydrogens (tertiary/aromatic N) is 3. The van der Waals surface area contributed by atoms with E-state index in [0.29, 0.717) is 17.3 Å². The van der Waals surface area contributed by atoms with Crippen LogP contribution in [0, 0.1) is 11.8 Å². The Hall–Kier alpha value is -2.93. The Morgan fingerprint density at radius 1 is 1.12 bits per heavy atom. The predicted octanol–water partition coefficient (Wildman–Crippen LogP) is 3.01. The molecule has 1 aliphatic heterocycles. The summed E-state index contributed by atoms with van der Waals surface area (Å²) in [5.41, 5.74) is 2.45. The molecule has 0 radical (unpaired) electrons. The number of pyridine rings is 1. The van der Waals surface area contributed by atoms with Crippen LogP contribution in [-0.4, -0.2) is 14.5 Å². The van der Waals surface area contributed by atoms with Crippen LogP contribution < -0.4 is 5.56 Å². The van der Waals surface area contributed by atoms with Crippen molar-refractivity contribution in [2.45, 2.75) is 31.2 Å². The van der Waals surface area contributed by atoms with Crippen LogP contribution in [0.25, 0.3) is 10.9 Å². The Morgan fingerprint density at radius 2 is 2.08 bits per heavy atom. The zero-order chi connectivity index (χ0) is 16.1. The molecule has 2 aromatic heterocycles. The van der Waals surface area contributed by atoms with Gasteiger partial charge in [0.1, 0.15) is 11.5 Å². The van der Waals surface area contributed by atoms with Gasteiger partial charge in [-0.15, -0.1) is 0 Å². The summed E-state index contributed by atoms with van der Waals surface area (Å²) in [6, 6.07) is 11.7. The smallest absolute Gasteiger partial charge is 0.261 e. The summed E-state index contributed by atoms with van der Waals surface area (Å²) in [5, 5.41) is 0.690. The fraction of sp³-hybridized carbons (Fsp3) is 0.250. The van der Waals surface area contributed by atoms with Crippen molar-refractivity contribution in [3.63, 3.8) is 0 Å². The van der Waals surface area contributed by atoms with E-state index < -0.39 is 0 Å². The topological polar surface area (TPSA) is 47.8 Å². The van der Waals surface area contributed by atoms with E-state index in [-0.39, 0.29) is 5.56 Å². The molecule has 4 nitrogen and oxygen atoms in total. The first kappa shape index (κ1) is 13.5.